The molecule has 0 aliphatic carbocycles. The molecule has 162 valence electrons. The summed E-state index contributed by atoms with van der Waals surface area (Å²) in [5, 5.41) is 11.2. The Labute approximate surface area is 184 Å². The zero-order chi connectivity index (χ0) is 21.8. The molecule has 0 spiro atoms. The highest BCUT2D eigenvalue weighted by Gasteiger charge is 2.34. The number of benzene rings is 1. The second-order valence-corrected chi connectivity index (χ2v) is 8.93. The van der Waals surface area contributed by atoms with Crippen LogP contribution in [0.25, 0.3) is 5.57 Å². The number of aromatic nitrogens is 1. The number of carbonyl (C=O) groups excluding carboxylic acids is 1. The smallest absolute Gasteiger partial charge is 0.223 e. The van der Waals surface area contributed by atoms with E-state index in [1.807, 2.05) is 47.7 Å². The summed E-state index contributed by atoms with van der Waals surface area (Å²) in [5.41, 5.74) is 3.55. The van der Waals surface area contributed by atoms with Gasteiger partial charge in [-0.3, -0.25) is 14.8 Å². The van der Waals surface area contributed by atoms with Gasteiger partial charge in [0.1, 0.15) is 0 Å². The van der Waals surface area contributed by atoms with E-state index in [2.05, 4.69) is 42.0 Å². The van der Waals surface area contributed by atoms with E-state index in [4.69, 9.17) is 0 Å². The number of piperidine rings is 1. The first kappa shape index (κ1) is 21.4. The van der Waals surface area contributed by atoms with Crippen molar-refractivity contribution in [1.82, 2.24) is 9.88 Å². The predicted molar refractivity (Wildman–Crippen MR) is 124 cm³/mol. The molecule has 1 unspecified atom stereocenters. The van der Waals surface area contributed by atoms with Crippen LogP contribution < -0.4 is 0 Å². The third kappa shape index (κ3) is 5.10. The number of rotatable bonds is 6. The molecular weight excluding hydrogens is 386 g/mol. The van der Waals surface area contributed by atoms with Crippen LogP contribution in [-0.4, -0.2) is 51.8 Å². The molecule has 5 nitrogen and oxygen atoms in total. The van der Waals surface area contributed by atoms with Crippen LogP contribution in [-0.2, 0) is 11.2 Å². The summed E-state index contributed by atoms with van der Waals surface area (Å²) in [5.74, 6) is 0.360. The van der Waals surface area contributed by atoms with Gasteiger partial charge in [-0.1, -0.05) is 37.3 Å². The van der Waals surface area contributed by atoms with E-state index in [-0.39, 0.29) is 17.9 Å². The van der Waals surface area contributed by atoms with Gasteiger partial charge in [-0.05, 0) is 60.6 Å². The van der Waals surface area contributed by atoms with E-state index in [0.29, 0.717) is 38.8 Å². The Morgan fingerprint density at radius 2 is 1.97 bits per heavy atom. The molecule has 1 N–H and O–H groups in total. The van der Waals surface area contributed by atoms with Crippen LogP contribution in [0, 0.1) is 0 Å². The number of aliphatic imine (C=N–C) groups is 1. The lowest BCUT2D eigenvalue weighted by Gasteiger charge is -2.38. The first-order valence-electron chi connectivity index (χ1n) is 11.2. The number of allylic oxidation sites excluding steroid dienone is 1. The van der Waals surface area contributed by atoms with Gasteiger partial charge in [-0.15, -0.1) is 0 Å². The molecule has 0 saturated carbocycles. The summed E-state index contributed by atoms with van der Waals surface area (Å²) >= 11 is 0. The molecule has 1 saturated heterocycles. The minimum absolute atomic E-state index is 0.158. The van der Waals surface area contributed by atoms with Crippen molar-refractivity contribution in [2.45, 2.75) is 57.1 Å². The van der Waals surface area contributed by atoms with Gasteiger partial charge in [-0.25, -0.2) is 0 Å². The van der Waals surface area contributed by atoms with Gasteiger partial charge in [0.05, 0.1) is 11.6 Å². The highest BCUT2D eigenvalue weighted by molar-refractivity contribution is 5.91. The number of likely N-dealkylation sites (tertiary alicyclic amines) is 1. The molecular formula is C26H31N3O2. The molecule has 5 heteroatoms. The standard InChI is InChI=1S/C26H31N3O2/c1-19(21-6-4-3-5-7-21)16-25(30)29-14-10-26(31,11-15-29)18-23-17-22(8-12-28-23)24-9-13-27-20(24)2/h3-9,12-13,17,19-20,31H,10-11,14-16,18H2,1-2H3/t19?,20-/m1/s1. The number of hydrogen-bond acceptors (Lipinski definition) is 4. The van der Waals surface area contributed by atoms with E-state index >= 15 is 0 Å². The summed E-state index contributed by atoms with van der Waals surface area (Å²) in [6.45, 7) is 5.35. The van der Waals surface area contributed by atoms with Crippen LogP contribution in [0.5, 0.6) is 0 Å². The maximum atomic E-state index is 12.8. The summed E-state index contributed by atoms with van der Waals surface area (Å²) in [7, 11) is 0. The molecule has 4 rings (SSSR count). The zero-order valence-electron chi connectivity index (χ0n) is 18.4. The highest BCUT2D eigenvalue weighted by Crippen LogP contribution is 2.29. The van der Waals surface area contributed by atoms with Crippen molar-refractivity contribution in [2.24, 2.45) is 4.99 Å². The van der Waals surface area contributed by atoms with E-state index < -0.39 is 5.60 Å². The van der Waals surface area contributed by atoms with E-state index in [9.17, 15) is 9.90 Å². The lowest BCUT2D eigenvalue weighted by atomic mass is 9.86. The van der Waals surface area contributed by atoms with Gasteiger partial charge in [-0.2, -0.15) is 0 Å². The zero-order valence-corrected chi connectivity index (χ0v) is 18.4. The lowest BCUT2D eigenvalue weighted by molar-refractivity contribution is -0.135. The summed E-state index contributed by atoms with van der Waals surface area (Å²) in [4.78, 5) is 23.6. The van der Waals surface area contributed by atoms with Crippen LogP contribution in [0.15, 0.2) is 59.7 Å². The predicted octanol–water partition coefficient (Wildman–Crippen LogP) is 4.03. The largest absolute Gasteiger partial charge is 0.389 e. The van der Waals surface area contributed by atoms with Crippen molar-refractivity contribution in [2.75, 3.05) is 13.1 Å². The molecule has 3 heterocycles. The van der Waals surface area contributed by atoms with Crippen molar-refractivity contribution in [3.63, 3.8) is 0 Å². The molecule has 2 aliphatic rings. The molecule has 0 bridgehead atoms. The summed E-state index contributed by atoms with van der Waals surface area (Å²) in [6.07, 6.45) is 7.86. The second kappa shape index (κ2) is 9.15. The maximum Gasteiger partial charge on any atom is 0.223 e. The van der Waals surface area contributed by atoms with E-state index in [1.165, 1.54) is 11.1 Å². The maximum absolute atomic E-state index is 12.8. The quantitative estimate of drug-likeness (QED) is 0.772. The van der Waals surface area contributed by atoms with Gasteiger partial charge in [0.25, 0.3) is 0 Å². The highest BCUT2D eigenvalue weighted by atomic mass is 16.3. The van der Waals surface area contributed by atoms with Gasteiger partial charge in [0.2, 0.25) is 5.91 Å². The molecule has 0 radical (unpaired) electrons. The molecule has 31 heavy (non-hydrogen) atoms. The second-order valence-electron chi connectivity index (χ2n) is 8.93. The van der Waals surface area contributed by atoms with Crippen molar-refractivity contribution in [1.29, 1.82) is 0 Å². The number of aliphatic hydroxyl groups is 1. The van der Waals surface area contributed by atoms with Crippen molar-refractivity contribution < 1.29 is 9.90 Å². The fourth-order valence-electron chi connectivity index (χ4n) is 4.54. The normalized spacial score (nSPS) is 21.1. The Bertz CT molecular complexity index is 975. The third-order valence-electron chi connectivity index (χ3n) is 6.57. The van der Waals surface area contributed by atoms with Crippen molar-refractivity contribution >= 4 is 17.7 Å². The van der Waals surface area contributed by atoms with Gasteiger partial charge in [0.15, 0.2) is 0 Å². The first-order valence-corrected chi connectivity index (χ1v) is 11.2. The monoisotopic (exact) mass is 417 g/mol. The molecule has 1 amide bonds. The molecule has 2 atom stereocenters. The minimum Gasteiger partial charge on any atom is -0.389 e. The molecule has 1 aromatic heterocycles. The lowest BCUT2D eigenvalue weighted by Crippen LogP contribution is -2.48. The van der Waals surface area contributed by atoms with Crippen LogP contribution in [0.3, 0.4) is 0 Å². The Hall–Kier alpha value is -2.79. The average molecular weight is 418 g/mol. The Balaban J connectivity index is 1.33. The number of nitrogens with zero attached hydrogens (tertiary/aromatic N) is 3. The Kier molecular flexibility index (Phi) is 6.33. The van der Waals surface area contributed by atoms with Crippen molar-refractivity contribution in [3.05, 3.63) is 71.6 Å². The topological polar surface area (TPSA) is 65.8 Å². The number of amides is 1. The number of pyridine rings is 1. The molecule has 1 aromatic carbocycles. The van der Waals surface area contributed by atoms with E-state index in [1.54, 1.807) is 0 Å². The summed E-state index contributed by atoms with van der Waals surface area (Å²) < 4.78 is 0. The molecule has 2 aliphatic heterocycles. The first-order chi connectivity index (χ1) is 14.9. The van der Waals surface area contributed by atoms with Gasteiger partial charge in [0, 0.05) is 44.0 Å². The fraction of sp³-hybridized carbons (Fsp3) is 0.423. The van der Waals surface area contributed by atoms with Crippen LogP contribution in [0.2, 0.25) is 0 Å². The Morgan fingerprint density at radius 3 is 2.65 bits per heavy atom. The Morgan fingerprint density at radius 1 is 1.23 bits per heavy atom. The van der Waals surface area contributed by atoms with Gasteiger partial charge >= 0.3 is 0 Å². The molecule has 2 aromatic rings. The molecule has 1 fully saturated rings. The van der Waals surface area contributed by atoms with Crippen LogP contribution in [0.1, 0.15) is 55.8 Å². The number of carbonyl (C=O) groups is 1. The van der Waals surface area contributed by atoms with Crippen molar-refractivity contribution in [3.8, 4) is 0 Å². The van der Waals surface area contributed by atoms with Crippen LogP contribution in [0.4, 0.5) is 0 Å². The minimum atomic E-state index is -0.820. The SMILES string of the molecule is CC(CC(=O)N1CCC(O)(Cc2cc(C3=CC=N[C@@H]3C)ccn2)CC1)c1ccccc1. The third-order valence-corrected chi connectivity index (χ3v) is 6.57. The number of hydrogen-bond donors (Lipinski definition) is 1. The summed E-state index contributed by atoms with van der Waals surface area (Å²) in [6, 6.07) is 14.4. The van der Waals surface area contributed by atoms with E-state index in [0.717, 1.165) is 11.3 Å². The van der Waals surface area contributed by atoms with Crippen LogP contribution >= 0.6 is 0 Å². The average Bonchev–Trinajstić information content (AvgIpc) is 3.20. The fourth-order valence-corrected chi connectivity index (χ4v) is 4.54. The van der Waals surface area contributed by atoms with Gasteiger partial charge < -0.3 is 10.0 Å².